The molecular weight excluding hydrogens is 310 g/mol. The van der Waals surface area contributed by atoms with Crippen molar-refractivity contribution in [2.75, 3.05) is 36.4 Å². The van der Waals surface area contributed by atoms with Crippen LogP contribution in [0.5, 0.6) is 0 Å². The van der Waals surface area contributed by atoms with Gasteiger partial charge in [-0.25, -0.2) is 4.98 Å². The topological polar surface area (TPSA) is 44.3 Å². The molecule has 134 valence electrons. The Morgan fingerprint density at radius 2 is 1.80 bits per heavy atom. The van der Waals surface area contributed by atoms with Crippen LogP contribution >= 0.6 is 0 Å². The van der Waals surface area contributed by atoms with E-state index in [2.05, 4.69) is 70.3 Å². The summed E-state index contributed by atoms with van der Waals surface area (Å²) in [5.74, 6) is 1.79. The van der Waals surface area contributed by atoms with Crippen molar-refractivity contribution in [2.24, 2.45) is 0 Å². The van der Waals surface area contributed by atoms with Crippen molar-refractivity contribution in [1.82, 2.24) is 14.9 Å². The minimum absolute atomic E-state index is 0.386. The average Bonchev–Trinajstić information content (AvgIpc) is 2.62. The Balaban J connectivity index is 1.60. The van der Waals surface area contributed by atoms with E-state index in [1.165, 1.54) is 5.56 Å². The molecule has 1 atom stereocenters. The highest BCUT2D eigenvalue weighted by Gasteiger charge is 2.19. The quantitative estimate of drug-likeness (QED) is 0.875. The van der Waals surface area contributed by atoms with Crippen LogP contribution in [0.2, 0.25) is 0 Å². The highest BCUT2D eigenvalue weighted by molar-refractivity contribution is 5.45. The molecule has 5 heteroatoms. The van der Waals surface area contributed by atoms with E-state index in [4.69, 9.17) is 4.98 Å². The maximum Gasteiger partial charge on any atom is 0.225 e. The molecule has 0 radical (unpaired) electrons. The monoisotopic (exact) mass is 339 g/mol. The van der Waals surface area contributed by atoms with Crippen molar-refractivity contribution in [3.8, 4) is 0 Å². The van der Waals surface area contributed by atoms with Gasteiger partial charge in [0.05, 0.1) is 0 Å². The summed E-state index contributed by atoms with van der Waals surface area (Å²) in [6, 6.07) is 13.2. The van der Waals surface area contributed by atoms with Gasteiger partial charge in [0.2, 0.25) is 5.95 Å². The highest BCUT2D eigenvalue weighted by Crippen LogP contribution is 2.18. The summed E-state index contributed by atoms with van der Waals surface area (Å²) in [5, 5.41) is 3.39. The Hall–Kier alpha value is -2.14. The third-order valence-corrected chi connectivity index (χ3v) is 4.77. The van der Waals surface area contributed by atoms with Crippen LogP contribution in [0.15, 0.2) is 36.4 Å². The number of anilines is 2. The molecule has 5 nitrogen and oxygen atoms in total. The number of aryl methyl sites for hydroxylation is 1. The van der Waals surface area contributed by atoms with Crippen molar-refractivity contribution in [3.05, 3.63) is 47.7 Å². The van der Waals surface area contributed by atoms with Crippen molar-refractivity contribution in [2.45, 2.75) is 39.8 Å². The number of hydrogen-bond donors (Lipinski definition) is 1. The van der Waals surface area contributed by atoms with Crippen molar-refractivity contribution in [3.63, 3.8) is 0 Å². The summed E-state index contributed by atoms with van der Waals surface area (Å²) >= 11 is 0. The molecule has 0 saturated carbocycles. The third kappa shape index (κ3) is 4.92. The van der Waals surface area contributed by atoms with Gasteiger partial charge in [-0.1, -0.05) is 37.3 Å². The Morgan fingerprint density at radius 1 is 1.08 bits per heavy atom. The maximum absolute atomic E-state index is 4.74. The predicted molar refractivity (Wildman–Crippen MR) is 104 cm³/mol. The molecule has 1 aliphatic heterocycles. The highest BCUT2D eigenvalue weighted by atomic mass is 15.3. The van der Waals surface area contributed by atoms with Crippen molar-refractivity contribution >= 4 is 11.8 Å². The normalized spacial score (nSPS) is 16.7. The molecule has 1 unspecified atom stereocenters. The van der Waals surface area contributed by atoms with Crippen LogP contribution in [0.4, 0.5) is 11.8 Å². The Labute approximate surface area is 151 Å². The minimum atomic E-state index is 0.386. The SMILES string of the molecule is CCC(C)Nc1nc(C)cc(N2CCN(Cc3ccccc3)CC2)n1. The fourth-order valence-corrected chi connectivity index (χ4v) is 3.08. The first-order valence-corrected chi connectivity index (χ1v) is 9.27. The smallest absolute Gasteiger partial charge is 0.225 e. The number of piperazine rings is 1. The van der Waals surface area contributed by atoms with E-state index in [-0.39, 0.29) is 0 Å². The number of nitrogens with zero attached hydrogens (tertiary/aromatic N) is 4. The van der Waals surface area contributed by atoms with Crippen molar-refractivity contribution in [1.29, 1.82) is 0 Å². The molecule has 0 bridgehead atoms. The minimum Gasteiger partial charge on any atom is -0.354 e. The summed E-state index contributed by atoms with van der Waals surface area (Å²) in [5.41, 5.74) is 2.40. The van der Waals surface area contributed by atoms with E-state index in [1.54, 1.807) is 0 Å². The average molecular weight is 339 g/mol. The molecule has 2 aromatic rings. The summed E-state index contributed by atoms with van der Waals surface area (Å²) in [6.45, 7) is 11.5. The first kappa shape index (κ1) is 17.7. The Kier molecular flexibility index (Phi) is 5.87. The lowest BCUT2D eigenvalue weighted by Gasteiger charge is -2.35. The first-order valence-electron chi connectivity index (χ1n) is 9.27. The number of aromatic nitrogens is 2. The van der Waals surface area contributed by atoms with E-state index in [0.717, 1.165) is 56.6 Å². The number of benzene rings is 1. The van der Waals surface area contributed by atoms with Gasteiger partial charge in [-0.2, -0.15) is 4.98 Å². The lowest BCUT2D eigenvalue weighted by Crippen LogP contribution is -2.46. The number of hydrogen-bond acceptors (Lipinski definition) is 5. The molecule has 0 aliphatic carbocycles. The molecule has 25 heavy (non-hydrogen) atoms. The lowest BCUT2D eigenvalue weighted by molar-refractivity contribution is 0.249. The van der Waals surface area contributed by atoms with Crippen molar-refractivity contribution < 1.29 is 0 Å². The van der Waals surface area contributed by atoms with Crippen LogP contribution in [-0.4, -0.2) is 47.1 Å². The van der Waals surface area contributed by atoms with Crippen LogP contribution in [0, 0.1) is 6.92 Å². The molecule has 2 heterocycles. The molecule has 1 fully saturated rings. The van der Waals surface area contributed by atoms with Crippen LogP contribution in [0.25, 0.3) is 0 Å². The van der Waals surface area contributed by atoms with E-state index >= 15 is 0 Å². The zero-order valence-corrected chi connectivity index (χ0v) is 15.6. The molecular formula is C20H29N5. The second kappa shape index (κ2) is 8.30. The van der Waals surface area contributed by atoms with E-state index in [1.807, 2.05) is 6.92 Å². The summed E-state index contributed by atoms with van der Waals surface area (Å²) in [4.78, 5) is 14.2. The van der Waals surface area contributed by atoms with Gasteiger partial charge in [0.25, 0.3) is 0 Å². The van der Waals surface area contributed by atoms with Crippen LogP contribution < -0.4 is 10.2 Å². The van der Waals surface area contributed by atoms with Crippen LogP contribution in [-0.2, 0) is 6.54 Å². The molecule has 1 aromatic heterocycles. The van der Waals surface area contributed by atoms with Gasteiger partial charge in [-0.3, -0.25) is 4.90 Å². The summed E-state index contributed by atoms with van der Waals surface area (Å²) in [6.07, 6.45) is 1.06. The molecule has 1 aliphatic rings. The predicted octanol–water partition coefficient (Wildman–Crippen LogP) is 3.32. The molecule has 1 aromatic carbocycles. The van der Waals surface area contributed by atoms with Gasteiger partial charge >= 0.3 is 0 Å². The number of nitrogens with one attached hydrogen (secondary N) is 1. The van der Waals surface area contributed by atoms with Gasteiger partial charge in [-0.15, -0.1) is 0 Å². The van der Waals surface area contributed by atoms with Gasteiger partial charge in [-0.05, 0) is 25.8 Å². The summed E-state index contributed by atoms with van der Waals surface area (Å²) < 4.78 is 0. The second-order valence-electron chi connectivity index (χ2n) is 6.89. The first-order chi connectivity index (χ1) is 12.1. The maximum atomic E-state index is 4.74. The van der Waals surface area contributed by atoms with Gasteiger partial charge in [0, 0.05) is 50.5 Å². The Bertz CT molecular complexity index is 665. The second-order valence-corrected chi connectivity index (χ2v) is 6.89. The molecule has 0 spiro atoms. The van der Waals surface area contributed by atoms with E-state index < -0.39 is 0 Å². The van der Waals surface area contributed by atoms with Gasteiger partial charge in [0.15, 0.2) is 0 Å². The van der Waals surface area contributed by atoms with Gasteiger partial charge < -0.3 is 10.2 Å². The summed E-state index contributed by atoms with van der Waals surface area (Å²) in [7, 11) is 0. The Morgan fingerprint density at radius 3 is 2.48 bits per heavy atom. The number of rotatable bonds is 6. The fourth-order valence-electron chi connectivity index (χ4n) is 3.08. The lowest BCUT2D eigenvalue weighted by atomic mass is 10.2. The molecule has 1 saturated heterocycles. The molecule has 3 rings (SSSR count). The van der Waals surface area contributed by atoms with E-state index in [9.17, 15) is 0 Å². The standard InChI is InChI=1S/C20H29N5/c1-4-16(2)21-20-22-17(3)14-19(23-20)25-12-10-24(11-13-25)15-18-8-6-5-7-9-18/h5-9,14,16H,4,10-13,15H2,1-3H3,(H,21,22,23). The molecule has 1 N–H and O–H groups in total. The third-order valence-electron chi connectivity index (χ3n) is 4.77. The zero-order valence-electron chi connectivity index (χ0n) is 15.6. The van der Waals surface area contributed by atoms with Gasteiger partial charge in [0.1, 0.15) is 5.82 Å². The van der Waals surface area contributed by atoms with E-state index in [0.29, 0.717) is 6.04 Å². The largest absolute Gasteiger partial charge is 0.354 e. The molecule has 0 amide bonds. The van der Waals surface area contributed by atoms with Crippen LogP contribution in [0.3, 0.4) is 0 Å². The fraction of sp³-hybridized carbons (Fsp3) is 0.500. The zero-order chi connectivity index (χ0) is 17.6. The van der Waals surface area contributed by atoms with Crippen LogP contribution in [0.1, 0.15) is 31.5 Å².